The Morgan fingerprint density at radius 1 is 0.882 bits per heavy atom. The Kier molecular flexibility index (Phi) is 11.9. The lowest BCUT2D eigenvalue weighted by Crippen LogP contribution is -2.41. The minimum Gasteiger partial charge on any atom is -0.326 e. The maximum absolute atomic E-state index is 9.67. The van der Waals surface area contributed by atoms with Gasteiger partial charge in [-0.15, -0.1) is 0 Å². The second-order valence-corrected chi connectivity index (χ2v) is 3.99. The third-order valence-electron chi connectivity index (χ3n) is 2.41. The van der Waals surface area contributed by atoms with Crippen LogP contribution in [0, 0.1) is 0 Å². The Morgan fingerprint density at radius 3 is 1.41 bits per heavy atom. The summed E-state index contributed by atoms with van der Waals surface area (Å²) in [5, 5.41) is 0. The molecule has 1 heterocycles. The van der Waals surface area contributed by atoms with Crippen molar-refractivity contribution in [3.8, 4) is 0 Å². The molecule has 1 nitrogen and oxygen atoms in total. The van der Waals surface area contributed by atoms with E-state index in [9.17, 15) is 26.3 Å². The van der Waals surface area contributed by atoms with Crippen LogP contribution in [0.1, 0.15) is 26.2 Å². The smallest absolute Gasteiger partial charge is 0.326 e. The molecule has 1 saturated heterocycles. The van der Waals surface area contributed by atoms with Crippen LogP contribution >= 0.6 is 0 Å². The van der Waals surface area contributed by atoms with Crippen molar-refractivity contribution >= 4 is 0 Å². The van der Waals surface area contributed by atoms with Crippen molar-refractivity contribution in [2.75, 3.05) is 26.7 Å². The van der Waals surface area contributed by atoms with E-state index in [1.807, 2.05) is 0 Å². The van der Waals surface area contributed by atoms with E-state index in [-0.39, 0.29) is 0 Å². The molecule has 0 unspecified atom stereocenters. The largest absolute Gasteiger partial charge is 0.379 e. The molecule has 0 aromatic heterocycles. The number of nitrogens with zero attached hydrogens (tertiary/aromatic N) is 1. The fourth-order valence-electron chi connectivity index (χ4n) is 1.86. The molecule has 0 spiro atoms. The molecule has 1 aliphatic rings. The number of halogens is 6. The Labute approximate surface area is 98.0 Å². The molecule has 0 N–H and O–H groups in total. The fraction of sp³-hybridized carbons (Fsp3) is 1.00. The first kappa shape index (κ1) is 18.9. The van der Waals surface area contributed by atoms with Crippen molar-refractivity contribution in [3.63, 3.8) is 0 Å². The summed E-state index contributed by atoms with van der Waals surface area (Å²) < 4.78 is 59.3. The van der Waals surface area contributed by atoms with E-state index in [1.54, 1.807) is 0 Å². The molecule has 7 heteroatoms. The predicted molar refractivity (Wildman–Crippen MR) is 54.5 cm³/mol. The number of alkyl halides is 6. The van der Waals surface area contributed by atoms with Crippen molar-refractivity contribution in [1.29, 1.82) is 0 Å². The SMILES string of the molecule is CCC[N+]1(C)CCCC1.FC(F)F.FC(F)F. The Morgan fingerprint density at radius 2 is 1.18 bits per heavy atom. The number of hydrogen-bond donors (Lipinski definition) is 0. The second kappa shape index (κ2) is 10.7. The summed E-state index contributed by atoms with van der Waals surface area (Å²) in [5.41, 5.74) is 0. The van der Waals surface area contributed by atoms with E-state index in [4.69, 9.17) is 0 Å². The molecule has 0 radical (unpaired) electrons. The summed E-state index contributed by atoms with van der Waals surface area (Å²) in [6.45, 7) is -0.816. The molecule has 17 heavy (non-hydrogen) atoms. The second-order valence-electron chi connectivity index (χ2n) is 3.99. The van der Waals surface area contributed by atoms with E-state index < -0.39 is 13.4 Å². The van der Waals surface area contributed by atoms with E-state index in [1.165, 1.54) is 43.4 Å². The molecule has 0 amide bonds. The van der Waals surface area contributed by atoms with Gasteiger partial charge in [-0.05, 0) is 6.42 Å². The van der Waals surface area contributed by atoms with Gasteiger partial charge in [-0.3, -0.25) is 0 Å². The van der Waals surface area contributed by atoms with E-state index in [2.05, 4.69) is 14.0 Å². The molecule has 1 rings (SSSR count). The van der Waals surface area contributed by atoms with Crippen LogP contribution in [0.25, 0.3) is 0 Å². The first-order valence-corrected chi connectivity index (χ1v) is 5.41. The zero-order valence-electron chi connectivity index (χ0n) is 10.1. The minimum absolute atomic E-state index is 1.34. The molecule has 0 aromatic carbocycles. The van der Waals surface area contributed by atoms with E-state index in [0.29, 0.717) is 0 Å². The first-order valence-electron chi connectivity index (χ1n) is 5.41. The monoisotopic (exact) mass is 268 g/mol. The highest BCUT2D eigenvalue weighted by molar-refractivity contribution is 4.50. The van der Waals surface area contributed by atoms with Crippen molar-refractivity contribution in [2.24, 2.45) is 0 Å². The summed E-state index contributed by atoms with van der Waals surface area (Å²) in [6, 6.07) is 0. The molecule has 0 aromatic rings. The first-order chi connectivity index (χ1) is 7.73. The van der Waals surface area contributed by atoms with E-state index >= 15 is 0 Å². The van der Waals surface area contributed by atoms with E-state index in [0.717, 1.165) is 0 Å². The lowest BCUT2D eigenvalue weighted by Gasteiger charge is -2.28. The molecule has 0 aliphatic carbocycles. The van der Waals surface area contributed by atoms with Gasteiger partial charge in [0.25, 0.3) is 0 Å². The van der Waals surface area contributed by atoms with Crippen LogP contribution in [0.3, 0.4) is 0 Å². The topological polar surface area (TPSA) is 0 Å². The molecule has 0 atom stereocenters. The van der Waals surface area contributed by atoms with Crippen LogP contribution in [0.15, 0.2) is 0 Å². The standard InChI is InChI=1S/C8H18N.2CHF3/c1-3-6-9(2)7-4-5-8-9;2*2-1(3)4/h3-8H2,1-2H3;2*1H/q+1;;. The van der Waals surface area contributed by atoms with Crippen LogP contribution in [0.2, 0.25) is 0 Å². The molecule has 1 fully saturated rings. The highest BCUT2D eigenvalue weighted by Crippen LogP contribution is 2.15. The van der Waals surface area contributed by atoms with Crippen molar-refractivity contribution in [3.05, 3.63) is 0 Å². The Bertz CT molecular complexity index is 147. The third kappa shape index (κ3) is 18.1. The maximum atomic E-state index is 9.67. The highest BCUT2D eigenvalue weighted by atomic mass is 19.4. The number of hydrogen-bond acceptors (Lipinski definition) is 0. The fourth-order valence-corrected chi connectivity index (χ4v) is 1.86. The van der Waals surface area contributed by atoms with Crippen LogP contribution in [0.4, 0.5) is 26.3 Å². The summed E-state index contributed by atoms with van der Waals surface area (Å²) in [7, 11) is 2.39. The normalized spacial score (nSPS) is 17.3. The number of quaternary nitrogens is 1. The van der Waals surface area contributed by atoms with Gasteiger partial charge in [-0.2, -0.15) is 26.3 Å². The highest BCUT2D eigenvalue weighted by Gasteiger charge is 2.24. The summed E-state index contributed by atoms with van der Waals surface area (Å²) in [4.78, 5) is 0. The maximum Gasteiger partial charge on any atom is 0.379 e. The number of rotatable bonds is 2. The lowest BCUT2D eigenvalue weighted by molar-refractivity contribution is -0.897. The van der Waals surface area contributed by atoms with Gasteiger partial charge in [-0.1, -0.05) is 6.92 Å². The van der Waals surface area contributed by atoms with Gasteiger partial charge < -0.3 is 4.48 Å². The quantitative estimate of drug-likeness (QED) is 0.524. The zero-order valence-corrected chi connectivity index (χ0v) is 10.1. The van der Waals surface area contributed by atoms with Gasteiger partial charge in [0.1, 0.15) is 0 Å². The molecular formula is C10H20F6N+. The van der Waals surface area contributed by atoms with Crippen molar-refractivity contribution in [1.82, 2.24) is 0 Å². The number of likely N-dealkylation sites (tertiary alicyclic amines) is 1. The van der Waals surface area contributed by atoms with Crippen LogP contribution in [0.5, 0.6) is 0 Å². The average Bonchev–Trinajstić information content (AvgIpc) is 2.50. The van der Waals surface area contributed by atoms with Gasteiger partial charge in [0.05, 0.1) is 26.7 Å². The molecule has 0 saturated carbocycles. The average molecular weight is 268 g/mol. The van der Waals surface area contributed by atoms with Crippen LogP contribution in [-0.4, -0.2) is 44.5 Å². The minimum atomic E-state index is -3.67. The van der Waals surface area contributed by atoms with Gasteiger partial charge in [-0.25, -0.2) is 0 Å². The summed E-state index contributed by atoms with van der Waals surface area (Å²) in [5.74, 6) is 0. The molecular weight excluding hydrogens is 248 g/mol. The van der Waals surface area contributed by atoms with Gasteiger partial charge >= 0.3 is 13.4 Å². The Balaban J connectivity index is 0. The van der Waals surface area contributed by atoms with Crippen LogP contribution < -0.4 is 0 Å². The lowest BCUT2D eigenvalue weighted by atomic mass is 10.4. The van der Waals surface area contributed by atoms with Crippen LogP contribution in [-0.2, 0) is 0 Å². The summed E-state index contributed by atoms with van der Waals surface area (Å²) in [6.07, 6.45) is 4.25. The van der Waals surface area contributed by atoms with Gasteiger partial charge in [0.2, 0.25) is 0 Å². The van der Waals surface area contributed by atoms with Gasteiger partial charge in [0.15, 0.2) is 0 Å². The summed E-state index contributed by atoms with van der Waals surface area (Å²) >= 11 is 0. The third-order valence-corrected chi connectivity index (χ3v) is 2.41. The van der Waals surface area contributed by atoms with Gasteiger partial charge in [0, 0.05) is 12.8 Å². The molecule has 1 aliphatic heterocycles. The predicted octanol–water partition coefficient (Wildman–Crippen LogP) is 3.99. The van der Waals surface area contributed by atoms with Crippen molar-refractivity contribution < 1.29 is 30.8 Å². The Hall–Kier alpha value is -0.460. The van der Waals surface area contributed by atoms with Crippen molar-refractivity contribution in [2.45, 2.75) is 39.5 Å². The molecule has 106 valence electrons. The molecule has 0 bridgehead atoms. The zero-order chi connectivity index (χ0) is 13.9.